The van der Waals surface area contributed by atoms with Gasteiger partial charge in [-0.25, -0.2) is 9.59 Å². The summed E-state index contributed by atoms with van der Waals surface area (Å²) in [6, 6.07) is 3.11. The van der Waals surface area contributed by atoms with E-state index in [4.69, 9.17) is 13.9 Å². The monoisotopic (exact) mass is 252 g/mol. The minimum Gasteiger partial charge on any atom is -0.463 e. The minimum absolute atomic E-state index is 0.114. The van der Waals surface area contributed by atoms with Crippen molar-refractivity contribution in [3.63, 3.8) is 0 Å². The summed E-state index contributed by atoms with van der Waals surface area (Å²) in [5.74, 6) is -0.406. The van der Waals surface area contributed by atoms with Crippen LogP contribution < -0.4 is 0 Å². The van der Waals surface area contributed by atoms with Crippen molar-refractivity contribution in [2.45, 2.75) is 20.3 Å². The van der Waals surface area contributed by atoms with E-state index < -0.39 is 11.9 Å². The van der Waals surface area contributed by atoms with Crippen LogP contribution in [-0.4, -0.2) is 25.2 Å². The van der Waals surface area contributed by atoms with Crippen molar-refractivity contribution in [2.75, 3.05) is 13.2 Å². The van der Waals surface area contributed by atoms with Gasteiger partial charge in [0.25, 0.3) is 0 Å². The molecule has 0 unspecified atom stereocenters. The number of hydrogen-bond donors (Lipinski definition) is 0. The Morgan fingerprint density at radius 1 is 1.22 bits per heavy atom. The number of hydrogen-bond acceptors (Lipinski definition) is 5. The van der Waals surface area contributed by atoms with Crippen LogP contribution in [0.5, 0.6) is 0 Å². The molecule has 0 spiro atoms. The van der Waals surface area contributed by atoms with Gasteiger partial charge in [-0.2, -0.15) is 0 Å². The van der Waals surface area contributed by atoms with Gasteiger partial charge in [-0.05, 0) is 26.0 Å². The van der Waals surface area contributed by atoms with Crippen molar-refractivity contribution in [3.8, 4) is 0 Å². The van der Waals surface area contributed by atoms with Crippen LogP contribution in [0.15, 0.2) is 28.7 Å². The lowest BCUT2D eigenvalue weighted by Crippen LogP contribution is -2.08. The standard InChI is InChI=1S/C13H16O5/c1-4-16-12(14)9(3)8-10-6-7-11(18-10)13(15)17-5-2/h6-7H,3-5,8H2,1-2H3. The molecule has 1 aromatic rings. The summed E-state index contributed by atoms with van der Waals surface area (Å²) in [5.41, 5.74) is 0.279. The molecule has 5 heteroatoms. The van der Waals surface area contributed by atoms with Gasteiger partial charge in [0, 0.05) is 12.0 Å². The van der Waals surface area contributed by atoms with E-state index in [0.29, 0.717) is 12.4 Å². The highest BCUT2D eigenvalue weighted by Crippen LogP contribution is 2.13. The molecule has 98 valence electrons. The van der Waals surface area contributed by atoms with Gasteiger partial charge in [-0.1, -0.05) is 6.58 Å². The van der Waals surface area contributed by atoms with Gasteiger partial charge in [0.15, 0.2) is 0 Å². The lowest BCUT2D eigenvalue weighted by Gasteiger charge is -2.03. The molecule has 0 bridgehead atoms. The van der Waals surface area contributed by atoms with Gasteiger partial charge < -0.3 is 13.9 Å². The van der Waals surface area contributed by atoms with E-state index in [0.717, 1.165) is 0 Å². The first-order chi connectivity index (χ1) is 8.58. The van der Waals surface area contributed by atoms with Crippen molar-refractivity contribution >= 4 is 11.9 Å². The first-order valence-corrected chi connectivity index (χ1v) is 5.69. The Hall–Kier alpha value is -2.04. The van der Waals surface area contributed by atoms with Gasteiger partial charge in [0.2, 0.25) is 5.76 Å². The average molecular weight is 252 g/mol. The van der Waals surface area contributed by atoms with E-state index >= 15 is 0 Å². The molecular weight excluding hydrogens is 236 g/mol. The molecule has 0 atom stereocenters. The van der Waals surface area contributed by atoms with E-state index in [9.17, 15) is 9.59 Å². The Labute approximate surface area is 105 Å². The Morgan fingerprint density at radius 3 is 2.50 bits per heavy atom. The van der Waals surface area contributed by atoms with Gasteiger partial charge in [-0.15, -0.1) is 0 Å². The maximum atomic E-state index is 11.4. The first kappa shape index (κ1) is 14.0. The molecule has 0 radical (unpaired) electrons. The van der Waals surface area contributed by atoms with Crippen LogP contribution in [0.3, 0.4) is 0 Å². The summed E-state index contributed by atoms with van der Waals surface area (Å²) in [5, 5.41) is 0. The zero-order valence-corrected chi connectivity index (χ0v) is 10.5. The second kappa shape index (κ2) is 6.64. The molecule has 1 aromatic heterocycles. The molecule has 0 aliphatic carbocycles. The third kappa shape index (κ3) is 3.76. The van der Waals surface area contributed by atoms with Gasteiger partial charge in [0.05, 0.1) is 13.2 Å². The second-order valence-electron chi connectivity index (χ2n) is 3.49. The topological polar surface area (TPSA) is 65.7 Å². The molecule has 0 aromatic carbocycles. The maximum absolute atomic E-state index is 11.4. The lowest BCUT2D eigenvalue weighted by atomic mass is 10.2. The largest absolute Gasteiger partial charge is 0.463 e. The summed E-state index contributed by atoms with van der Waals surface area (Å²) in [7, 11) is 0. The molecule has 18 heavy (non-hydrogen) atoms. The zero-order chi connectivity index (χ0) is 13.5. The van der Waals surface area contributed by atoms with Crippen LogP contribution in [0.2, 0.25) is 0 Å². The summed E-state index contributed by atoms with van der Waals surface area (Å²) in [4.78, 5) is 22.7. The Bertz CT molecular complexity index is 444. The number of esters is 2. The van der Waals surface area contributed by atoms with Crippen molar-refractivity contribution in [2.24, 2.45) is 0 Å². The number of ether oxygens (including phenoxy) is 2. The SMILES string of the molecule is C=C(Cc1ccc(C(=O)OCC)o1)C(=O)OCC. The summed E-state index contributed by atoms with van der Waals surface area (Å²) >= 11 is 0. The average Bonchev–Trinajstić information content (AvgIpc) is 2.78. The fourth-order valence-electron chi connectivity index (χ4n) is 1.30. The Balaban J connectivity index is 2.61. The van der Waals surface area contributed by atoms with Crippen LogP contribution in [0.4, 0.5) is 0 Å². The van der Waals surface area contributed by atoms with Gasteiger partial charge >= 0.3 is 11.9 Å². The van der Waals surface area contributed by atoms with E-state index in [1.54, 1.807) is 19.9 Å². The molecule has 0 saturated carbocycles. The second-order valence-corrected chi connectivity index (χ2v) is 3.49. The third-order valence-electron chi connectivity index (χ3n) is 2.09. The first-order valence-electron chi connectivity index (χ1n) is 5.69. The summed E-state index contributed by atoms with van der Waals surface area (Å²) < 4.78 is 14.8. The van der Waals surface area contributed by atoms with E-state index in [1.807, 2.05) is 0 Å². The molecular formula is C13H16O5. The van der Waals surface area contributed by atoms with E-state index in [-0.39, 0.29) is 24.4 Å². The Morgan fingerprint density at radius 2 is 1.89 bits per heavy atom. The van der Waals surface area contributed by atoms with Crippen LogP contribution >= 0.6 is 0 Å². The van der Waals surface area contributed by atoms with Gasteiger partial charge in [0.1, 0.15) is 5.76 Å². The van der Waals surface area contributed by atoms with Crippen molar-refractivity contribution in [1.82, 2.24) is 0 Å². The Kier molecular flexibility index (Phi) is 5.17. The number of furan rings is 1. The molecule has 1 rings (SSSR count). The quantitative estimate of drug-likeness (QED) is 0.573. The highest BCUT2D eigenvalue weighted by Gasteiger charge is 2.15. The maximum Gasteiger partial charge on any atom is 0.374 e. The molecule has 5 nitrogen and oxygen atoms in total. The van der Waals surface area contributed by atoms with Crippen molar-refractivity contribution in [3.05, 3.63) is 35.8 Å². The highest BCUT2D eigenvalue weighted by atomic mass is 16.5. The van der Waals surface area contributed by atoms with Crippen molar-refractivity contribution in [1.29, 1.82) is 0 Å². The zero-order valence-electron chi connectivity index (χ0n) is 10.5. The van der Waals surface area contributed by atoms with Gasteiger partial charge in [-0.3, -0.25) is 0 Å². The lowest BCUT2D eigenvalue weighted by molar-refractivity contribution is -0.138. The molecule has 0 saturated heterocycles. The highest BCUT2D eigenvalue weighted by molar-refractivity contribution is 5.88. The smallest absolute Gasteiger partial charge is 0.374 e. The van der Waals surface area contributed by atoms with Crippen LogP contribution in [-0.2, 0) is 20.7 Å². The molecule has 0 aliphatic rings. The number of carbonyl (C=O) groups excluding carboxylic acids is 2. The molecule has 0 aliphatic heterocycles. The molecule has 1 heterocycles. The summed E-state index contributed by atoms with van der Waals surface area (Å²) in [6.07, 6.45) is 0.207. The van der Waals surface area contributed by atoms with Crippen molar-refractivity contribution < 1.29 is 23.5 Å². The molecule has 0 N–H and O–H groups in total. The minimum atomic E-state index is -0.523. The normalized spacial score (nSPS) is 9.89. The number of carbonyl (C=O) groups is 2. The van der Waals surface area contributed by atoms with Crippen LogP contribution in [0.1, 0.15) is 30.2 Å². The van der Waals surface area contributed by atoms with E-state index in [1.165, 1.54) is 6.07 Å². The number of rotatable bonds is 6. The molecule has 0 amide bonds. The predicted octanol–water partition coefficient (Wildman–Crippen LogP) is 2.12. The van der Waals surface area contributed by atoms with E-state index in [2.05, 4.69) is 6.58 Å². The third-order valence-corrected chi connectivity index (χ3v) is 2.09. The summed E-state index contributed by atoms with van der Waals surface area (Å²) in [6.45, 7) is 7.62. The fourth-order valence-corrected chi connectivity index (χ4v) is 1.30. The van der Waals surface area contributed by atoms with Crippen LogP contribution in [0, 0.1) is 0 Å². The predicted molar refractivity (Wildman–Crippen MR) is 64.1 cm³/mol. The molecule has 0 fully saturated rings. The fraction of sp³-hybridized carbons (Fsp3) is 0.385. The van der Waals surface area contributed by atoms with Crippen LogP contribution in [0.25, 0.3) is 0 Å².